The summed E-state index contributed by atoms with van der Waals surface area (Å²) < 4.78 is 0. The molecule has 1 N–H and O–H groups in total. The SMILES string of the molecule is Cc1ccc(N2C(=O)C[C@@H](N[C@@H]3CCC[C@H](C)[C@H]3C)C2=O)cc1. The fourth-order valence-corrected chi connectivity index (χ4v) is 3.80. The first kappa shape index (κ1) is 16.2. The Morgan fingerprint density at radius 3 is 2.48 bits per heavy atom. The summed E-state index contributed by atoms with van der Waals surface area (Å²) in [6, 6.07) is 7.51. The molecule has 2 fully saturated rings. The van der Waals surface area contributed by atoms with Crippen LogP contribution in [0.25, 0.3) is 0 Å². The number of imide groups is 1. The van der Waals surface area contributed by atoms with Crippen LogP contribution in [0.15, 0.2) is 24.3 Å². The van der Waals surface area contributed by atoms with Crippen LogP contribution in [0.1, 0.15) is 45.1 Å². The zero-order chi connectivity index (χ0) is 16.6. The minimum atomic E-state index is -0.374. The third-order valence-electron chi connectivity index (χ3n) is 5.56. The van der Waals surface area contributed by atoms with Gasteiger partial charge in [-0.1, -0.05) is 44.4 Å². The molecule has 1 aromatic carbocycles. The van der Waals surface area contributed by atoms with E-state index >= 15 is 0 Å². The fourth-order valence-electron chi connectivity index (χ4n) is 3.80. The molecule has 0 spiro atoms. The van der Waals surface area contributed by atoms with Crippen LogP contribution in [0.4, 0.5) is 5.69 Å². The second-order valence-electron chi connectivity index (χ2n) is 7.20. The van der Waals surface area contributed by atoms with Crippen LogP contribution >= 0.6 is 0 Å². The van der Waals surface area contributed by atoms with Crippen molar-refractivity contribution in [3.8, 4) is 0 Å². The summed E-state index contributed by atoms with van der Waals surface area (Å²) in [4.78, 5) is 26.4. The average Bonchev–Trinajstić information content (AvgIpc) is 2.79. The van der Waals surface area contributed by atoms with Gasteiger partial charge in [-0.2, -0.15) is 0 Å². The Labute approximate surface area is 138 Å². The summed E-state index contributed by atoms with van der Waals surface area (Å²) in [5, 5.41) is 3.48. The zero-order valence-electron chi connectivity index (χ0n) is 14.2. The van der Waals surface area contributed by atoms with E-state index in [4.69, 9.17) is 0 Å². The molecule has 1 saturated carbocycles. The summed E-state index contributed by atoms with van der Waals surface area (Å²) in [7, 11) is 0. The number of carbonyl (C=O) groups excluding carboxylic acids is 2. The smallest absolute Gasteiger partial charge is 0.251 e. The van der Waals surface area contributed by atoms with E-state index in [-0.39, 0.29) is 24.3 Å². The standard InChI is InChI=1S/C19H26N2O2/c1-12-7-9-15(10-8-12)21-18(22)11-17(19(21)23)20-16-6-4-5-13(2)14(16)3/h7-10,13-14,16-17,20H,4-6,11H2,1-3H3/t13-,14+,16+,17+/m0/s1. The van der Waals surface area contributed by atoms with Crippen molar-refractivity contribution in [3.05, 3.63) is 29.8 Å². The summed E-state index contributed by atoms with van der Waals surface area (Å²) >= 11 is 0. The molecule has 4 nitrogen and oxygen atoms in total. The number of rotatable bonds is 3. The molecule has 4 heteroatoms. The number of nitrogens with one attached hydrogen (secondary N) is 1. The quantitative estimate of drug-likeness (QED) is 0.873. The van der Waals surface area contributed by atoms with E-state index in [0.29, 0.717) is 23.6 Å². The molecule has 1 aliphatic heterocycles. The van der Waals surface area contributed by atoms with Crippen molar-refractivity contribution >= 4 is 17.5 Å². The monoisotopic (exact) mass is 314 g/mol. The van der Waals surface area contributed by atoms with Gasteiger partial charge in [-0.15, -0.1) is 0 Å². The molecule has 2 aliphatic rings. The Bertz CT molecular complexity index is 596. The van der Waals surface area contributed by atoms with Gasteiger partial charge in [0.05, 0.1) is 18.2 Å². The number of amides is 2. The normalized spacial score (nSPS) is 31.7. The average molecular weight is 314 g/mol. The van der Waals surface area contributed by atoms with Crippen LogP contribution in [-0.4, -0.2) is 23.9 Å². The molecule has 1 aliphatic carbocycles. The molecule has 23 heavy (non-hydrogen) atoms. The molecule has 1 aromatic rings. The fraction of sp³-hybridized carbons (Fsp3) is 0.579. The lowest BCUT2D eigenvalue weighted by molar-refractivity contribution is -0.121. The van der Waals surface area contributed by atoms with E-state index in [1.54, 1.807) is 0 Å². The number of hydrogen-bond donors (Lipinski definition) is 1. The van der Waals surface area contributed by atoms with Gasteiger partial charge in [0.2, 0.25) is 5.91 Å². The summed E-state index contributed by atoms with van der Waals surface area (Å²) in [6.45, 7) is 6.52. The van der Waals surface area contributed by atoms with Gasteiger partial charge in [-0.05, 0) is 37.3 Å². The molecule has 3 rings (SSSR count). The molecule has 4 atom stereocenters. The van der Waals surface area contributed by atoms with Crippen LogP contribution in [0, 0.1) is 18.8 Å². The van der Waals surface area contributed by atoms with E-state index in [1.807, 2.05) is 31.2 Å². The third-order valence-corrected chi connectivity index (χ3v) is 5.56. The first-order valence-corrected chi connectivity index (χ1v) is 8.67. The molecular formula is C19H26N2O2. The van der Waals surface area contributed by atoms with Gasteiger partial charge in [0.1, 0.15) is 0 Å². The molecule has 0 aromatic heterocycles. The van der Waals surface area contributed by atoms with E-state index in [0.717, 1.165) is 12.0 Å². The first-order valence-electron chi connectivity index (χ1n) is 8.67. The highest BCUT2D eigenvalue weighted by atomic mass is 16.2. The Morgan fingerprint density at radius 2 is 1.78 bits per heavy atom. The Kier molecular flexibility index (Phi) is 4.53. The van der Waals surface area contributed by atoms with Crippen LogP contribution in [0.5, 0.6) is 0 Å². The molecule has 1 heterocycles. The number of aryl methyl sites for hydroxylation is 1. The highest BCUT2D eigenvalue weighted by Crippen LogP contribution is 2.31. The Balaban J connectivity index is 1.72. The minimum Gasteiger partial charge on any atom is -0.302 e. The second kappa shape index (κ2) is 6.44. The highest BCUT2D eigenvalue weighted by Gasteiger charge is 2.41. The number of hydrogen-bond acceptors (Lipinski definition) is 3. The van der Waals surface area contributed by atoms with Crippen LogP contribution in [0.3, 0.4) is 0 Å². The molecule has 2 amide bonds. The van der Waals surface area contributed by atoms with Crippen molar-refractivity contribution in [2.45, 2.75) is 58.5 Å². The maximum Gasteiger partial charge on any atom is 0.251 e. The van der Waals surface area contributed by atoms with E-state index < -0.39 is 0 Å². The van der Waals surface area contributed by atoms with Gasteiger partial charge in [0.25, 0.3) is 5.91 Å². The van der Waals surface area contributed by atoms with Gasteiger partial charge in [-0.3, -0.25) is 9.59 Å². The zero-order valence-corrected chi connectivity index (χ0v) is 14.2. The molecular weight excluding hydrogens is 288 g/mol. The van der Waals surface area contributed by atoms with Crippen LogP contribution in [-0.2, 0) is 9.59 Å². The van der Waals surface area contributed by atoms with Crippen molar-refractivity contribution in [2.24, 2.45) is 11.8 Å². The summed E-state index contributed by atoms with van der Waals surface area (Å²) in [5.74, 6) is 0.999. The molecule has 0 bridgehead atoms. The van der Waals surface area contributed by atoms with Gasteiger partial charge >= 0.3 is 0 Å². The molecule has 1 saturated heterocycles. The van der Waals surface area contributed by atoms with Crippen molar-refractivity contribution in [1.29, 1.82) is 0 Å². The molecule has 124 valence electrons. The Morgan fingerprint density at radius 1 is 1.09 bits per heavy atom. The predicted molar refractivity (Wildman–Crippen MR) is 91.2 cm³/mol. The third kappa shape index (κ3) is 3.18. The number of carbonyl (C=O) groups is 2. The first-order chi connectivity index (χ1) is 11.0. The van der Waals surface area contributed by atoms with Gasteiger partial charge in [-0.25, -0.2) is 4.90 Å². The van der Waals surface area contributed by atoms with Crippen molar-refractivity contribution in [3.63, 3.8) is 0 Å². The van der Waals surface area contributed by atoms with Gasteiger partial charge in [0.15, 0.2) is 0 Å². The largest absolute Gasteiger partial charge is 0.302 e. The lowest BCUT2D eigenvalue weighted by Gasteiger charge is -2.36. The number of anilines is 1. The number of nitrogens with zero attached hydrogens (tertiary/aromatic N) is 1. The topological polar surface area (TPSA) is 49.4 Å². The maximum absolute atomic E-state index is 12.7. The lowest BCUT2D eigenvalue weighted by atomic mass is 9.78. The van der Waals surface area contributed by atoms with Crippen LogP contribution in [0.2, 0.25) is 0 Å². The minimum absolute atomic E-state index is 0.104. The molecule has 0 radical (unpaired) electrons. The van der Waals surface area contributed by atoms with Crippen molar-refractivity contribution in [1.82, 2.24) is 5.32 Å². The van der Waals surface area contributed by atoms with E-state index in [9.17, 15) is 9.59 Å². The van der Waals surface area contributed by atoms with Crippen molar-refractivity contribution < 1.29 is 9.59 Å². The van der Waals surface area contributed by atoms with Gasteiger partial charge in [0, 0.05) is 6.04 Å². The summed E-state index contributed by atoms with van der Waals surface area (Å²) in [5.41, 5.74) is 1.80. The van der Waals surface area contributed by atoms with Gasteiger partial charge < -0.3 is 5.32 Å². The second-order valence-corrected chi connectivity index (χ2v) is 7.20. The lowest BCUT2D eigenvalue weighted by Crippen LogP contribution is -2.48. The number of benzene rings is 1. The predicted octanol–water partition coefficient (Wildman–Crippen LogP) is 3.04. The van der Waals surface area contributed by atoms with Crippen LogP contribution < -0.4 is 10.2 Å². The Hall–Kier alpha value is -1.68. The van der Waals surface area contributed by atoms with Crippen molar-refractivity contribution in [2.75, 3.05) is 4.90 Å². The molecule has 0 unspecified atom stereocenters. The summed E-state index contributed by atoms with van der Waals surface area (Å²) in [6.07, 6.45) is 3.81. The highest BCUT2D eigenvalue weighted by molar-refractivity contribution is 6.22. The van der Waals surface area contributed by atoms with E-state index in [1.165, 1.54) is 17.7 Å². The maximum atomic E-state index is 12.7. The van der Waals surface area contributed by atoms with E-state index in [2.05, 4.69) is 19.2 Å².